The van der Waals surface area contributed by atoms with Gasteiger partial charge in [0.1, 0.15) is 0 Å². The first kappa shape index (κ1) is 31.2. The molecule has 45 heavy (non-hydrogen) atoms. The van der Waals surface area contributed by atoms with Gasteiger partial charge < -0.3 is 4.98 Å². The maximum absolute atomic E-state index is 14.1. The number of hydrogen-bond acceptors (Lipinski definition) is 2. The van der Waals surface area contributed by atoms with Crippen molar-refractivity contribution in [2.24, 2.45) is 0 Å². The van der Waals surface area contributed by atoms with Gasteiger partial charge in [-0.25, -0.2) is 4.68 Å². The number of aryl methyl sites for hydroxylation is 2. The van der Waals surface area contributed by atoms with Crippen molar-refractivity contribution in [1.82, 2.24) is 19.7 Å². The Morgan fingerprint density at radius 1 is 0.889 bits per heavy atom. The van der Waals surface area contributed by atoms with Crippen molar-refractivity contribution in [3.63, 3.8) is 0 Å². The predicted octanol–water partition coefficient (Wildman–Crippen LogP) is 10.1. The third-order valence-corrected chi connectivity index (χ3v) is 9.19. The van der Waals surface area contributed by atoms with Crippen LogP contribution in [0.3, 0.4) is 0 Å². The molecule has 6 rings (SSSR count). The number of nitrogens with one attached hydrogen (secondary N) is 1. The van der Waals surface area contributed by atoms with E-state index >= 15 is 0 Å². The Morgan fingerprint density at radius 3 is 2.18 bits per heavy atom. The first-order valence-corrected chi connectivity index (χ1v) is 15.1. The zero-order valence-electron chi connectivity index (χ0n) is 25.1. The van der Waals surface area contributed by atoms with Crippen molar-refractivity contribution in [2.75, 3.05) is 0 Å². The summed E-state index contributed by atoms with van der Waals surface area (Å²) >= 11 is 6.70. The summed E-state index contributed by atoms with van der Waals surface area (Å²) in [6.45, 7) is 7.92. The van der Waals surface area contributed by atoms with E-state index in [-0.39, 0.29) is 24.7 Å². The van der Waals surface area contributed by atoms with E-state index in [0.717, 1.165) is 63.4 Å². The fraction of sp³-hybridized carbons (Fsp3) is 0.324. The van der Waals surface area contributed by atoms with E-state index in [1.165, 1.54) is 0 Å². The Labute approximate surface area is 261 Å². The van der Waals surface area contributed by atoms with Crippen LogP contribution >= 0.6 is 11.6 Å². The molecule has 11 heteroatoms. The first-order valence-electron chi connectivity index (χ1n) is 14.7. The van der Waals surface area contributed by atoms with Crippen molar-refractivity contribution in [1.29, 1.82) is 0 Å². The minimum Gasteiger partial charge on any atom is -0.360 e. The molecule has 0 amide bonds. The molecule has 2 aromatic heterocycles. The molecule has 3 aromatic carbocycles. The molecule has 1 aliphatic rings. The highest BCUT2D eigenvalue weighted by Gasteiger charge is 2.45. The highest BCUT2D eigenvalue weighted by molar-refractivity contribution is 6.36. The quantitative estimate of drug-likeness (QED) is 0.187. The zero-order valence-corrected chi connectivity index (χ0v) is 25.8. The molecule has 0 fully saturated rings. The average Bonchev–Trinajstić information content (AvgIpc) is 3.62. The summed E-state index contributed by atoms with van der Waals surface area (Å²) in [4.78, 5) is 5.03. The number of aromatic nitrogens is 3. The standard InChI is InChI=1S/C34H31ClF6N4/c1-5-19-9-7-10-20(6-2)29(19)45-30(23-11-8-12-27-28(23)26(35)16-42-27)24-18-44(32(3,4)31(24)43-45)17-21-13-14-22(33(36,37)38)15-25(21)34(39,40)41/h7-16,42H,5-6,17-18H2,1-4H3. The monoisotopic (exact) mass is 644 g/mol. The molecule has 3 heterocycles. The molecule has 236 valence electrons. The SMILES string of the molecule is CCc1cccc(CC)c1-n1nc2c(c1-c1cccc3[nH]cc(Cl)c13)CN(Cc1ccc(C(F)(F)F)cc1C(F)(F)F)C2(C)C. The molecule has 5 aromatic rings. The molecule has 1 N–H and O–H groups in total. The summed E-state index contributed by atoms with van der Waals surface area (Å²) in [6.07, 6.45) is -6.63. The fourth-order valence-corrected chi connectivity index (χ4v) is 6.77. The van der Waals surface area contributed by atoms with Gasteiger partial charge in [0.2, 0.25) is 0 Å². The Morgan fingerprint density at radius 2 is 1.56 bits per heavy atom. The van der Waals surface area contributed by atoms with Crippen LogP contribution < -0.4 is 0 Å². The molecule has 0 unspecified atom stereocenters. The van der Waals surface area contributed by atoms with Crippen LogP contribution in [-0.4, -0.2) is 19.7 Å². The highest BCUT2D eigenvalue weighted by Crippen LogP contribution is 2.48. The smallest absolute Gasteiger partial charge is 0.360 e. The average molecular weight is 645 g/mol. The number of H-pyrrole nitrogens is 1. The molecule has 1 aliphatic heterocycles. The lowest BCUT2D eigenvalue weighted by Gasteiger charge is -2.33. The van der Waals surface area contributed by atoms with E-state index in [1.54, 1.807) is 6.20 Å². The first-order chi connectivity index (χ1) is 21.2. The lowest BCUT2D eigenvalue weighted by atomic mass is 9.96. The van der Waals surface area contributed by atoms with Crippen LogP contribution in [0.15, 0.2) is 60.8 Å². The molecule has 0 spiro atoms. The van der Waals surface area contributed by atoms with Gasteiger partial charge in [0.05, 0.1) is 38.8 Å². The highest BCUT2D eigenvalue weighted by atomic mass is 35.5. The van der Waals surface area contributed by atoms with Gasteiger partial charge in [-0.1, -0.05) is 61.8 Å². The largest absolute Gasteiger partial charge is 0.416 e. The van der Waals surface area contributed by atoms with Crippen LogP contribution in [0.2, 0.25) is 5.02 Å². The minimum atomic E-state index is -4.96. The normalized spacial score (nSPS) is 15.3. The Bertz CT molecular complexity index is 1890. The lowest BCUT2D eigenvalue weighted by molar-refractivity contribution is -0.143. The summed E-state index contributed by atoms with van der Waals surface area (Å²) in [5.41, 5.74) is 3.38. The van der Waals surface area contributed by atoms with Gasteiger partial charge in [0, 0.05) is 41.3 Å². The molecule has 0 bridgehead atoms. The van der Waals surface area contributed by atoms with E-state index in [1.807, 2.05) is 47.7 Å². The van der Waals surface area contributed by atoms with Gasteiger partial charge in [-0.15, -0.1) is 0 Å². The number of hydrogen-bond donors (Lipinski definition) is 1. The number of nitrogens with zero attached hydrogens (tertiary/aromatic N) is 3. The van der Waals surface area contributed by atoms with Gasteiger partial charge in [-0.3, -0.25) is 4.90 Å². The van der Waals surface area contributed by atoms with Crippen LogP contribution in [0.25, 0.3) is 27.8 Å². The summed E-state index contributed by atoms with van der Waals surface area (Å²) in [7, 11) is 0. The summed E-state index contributed by atoms with van der Waals surface area (Å²) in [6, 6.07) is 13.8. The molecule has 0 saturated carbocycles. The predicted molar refractivity (Wildman–Crippen MR) is 163 cm³/mol. The van der Waals surface area contributed by atoms with Gasteiger partial charge in [-0.2, -0.15) is 31.4 Å². The number of fused-ring (bicyclic) bond motifs is 2. The topological polar surface area (TPSA) is 36.9 Å². The second-order valence-electron chi connectivity index (χ2n) is 11.9. The number of benzene rings is 3. The molecule has 4 nitrogen and oxygen atoms in total. The minimum absolute atomic E-state index is 0.200. The number of aromatic amines is 1. The Kier molecular flexibility index (Phi) is 7.60. The van der Waals surface area contributed by atoms with Crippen molar-refractivity contribution < 1.29 is 26.3 Å². The number of rotatable bonds is 6. The van der Waals surface area contributed by atoms with Crippen molar-refractivity contribution in [3.05, 3.63) is 105 Å². The zero-order chi connectivity index (χ0) is 32.5. The summed E-state index contributed by atoms with van der Waals surface area (Å²) in [5, 5.41) is 6.51. The van der Waals surface area contributed by atoms with Gasteiger partial charge in [0.25, 0.3) is 0 Å². The lowest BCUT2D eigenvalue weighted by Crippen LogP contribution is -2.36. The number of halogens is 7. The van der Waals surface area contributed by atoms with E-state index in [9.17, 15) is 26.3 Å². The molecular weight excluding hydrogens is 614 g/mol. The maximum atomic E-state index is 14.1. The second-order valence-corrected chi connectivity index (χ2v) is 12.3. The van der Waals surface area contributed by atoms with Crippen LogP contribution in [0.4, 0.5) is 26.3 Å². The third-order valence-electron chi connectivity index (χ3n) is 8.90. The van der Waals surface area contributed by atoms with Gasteiger partial charge in [0.15, 0.2) is 0 Å². The Hall–Kier alpha value is -3.76. The van der Waals surface area contributed by atoms with Crippen LogP contribution in [0.1, 0.15) is 66.8 Å². The maximum Gasteiger partial charge on any atom is 0.416 e. The van der Waals surface area contributed by atoms with Crippen LogP contribution in [-0.2, 0) is 43.8 Å². The fourth-order valence-electron chi connectivity index (χ4n) is 6.51. The van der Waals surface area contributed by atoms with Crippen molar-refractivity contribution in [2.45, 2.75) is 71.5 Å². The summed E-state index contributed by atoms with van der Waals surface area (Å²) in [5.74, 6) is 0. The van der Waals surface area contributed by atoms with Gasteiger partial charge >= 0.3 is 12.4 Å². The van der Waals surface area contributed by atoms with Crippen molar-refractivity contribution in [3.8, 4) is 16.9 Å². The molecule has 0 aliphatic carbocycles. The number of para-hydroxylation sites is 1. The molecule has 0 saturated heterocycles. The molecular formula is C34H31ClF6N4. The van der Waals surface area contributed by atoms with Crippen LogP contribution in [0.5, 0.6) is 0 Å². The second kappa shape index (κ2) is 10.9. The molecule has 0 atom stereocenters. The molecule has 0 radical (unpaired) electrons. The van der Waals surface area contributed by atoms with E-state index < -0.39 is 29.0 Å². The van der Waals surface area contributed by atoms with Crippen molar-refractivity contribution >= 4 is 22.5 Å². The number of alkyl halides is 6. The third kappa shape index (κ3) is 5.21. The van der Waals surface area contributed by atoms with E-state index in [2.05, 4.69) is 31.0 Å². The summed E-state index contributed by atoms with van der Waals surface area (Å²) < 4.78 is 84.3. The van der Waals surface area contributed by atoms with E-state index in [0.29, 0.717) is 16.8 Å². The van der Waals surface area contributed by atoms with E-state index in [4.69, 9.17) is 16.7 Å². The van der Waals surface area contributed by atoms with Gasteiger partial charge in [-0.05, 0) is 61.6 Å². The van der Waals surface area contributed by atoms with Crippen LogP contribution in [0, 0.1) is 0 Å². The Balaban J connectivity index is 1.55.